The van der Waals surface area contributed by atoms with Crippen molar-refractivity contribution in [3.8, 4) is 5.75 Å². The first-order chi connectivity index (χ1) is 8.56. The molecule has 94 valence electrons. The molecule has 0 amide bonds. The molecule has 0 atom stereocenters. The molecule has 0 bridgehead atoms. The molecule has 7 nitrogen and oxygen atoms in total. The molecule has 0 fully saturated rings. The van der Waals surface area contributed by atoms with Crippen molar-refractivity contribution in [1.29, 1.82) is 0 Å². The first kappa shape index (κ1) is 12.0. The Kier molecular flexibility index (Phi) is 3.18. The van der Waals surface area contributed by atoms with Gasteiger partial charge in [-0.25, -0.2) is 0 Å². The standard InChI is InChI=1S/C10H8FN3O4/c1-6-12-13-10(18-6)5-17-7-2-3-9(14(15)16)8(11)4-7/h2-4H,5H2,1H3. The van der Waals surface area contributed by atoms with Crippen LogP contribution in [-0.4, -0.2) is 15.1 Å². The van der Waals surface area contributed by atoms with E-state index in [9.17, 15) is 14.5 Å². The van der Waals surface area contributed by atoms with Crippen LogP contribution in [0.5, 0.6) is 5.75 Å². The van der Waals surface area contributed by atoms with Gasteiger partial charge in [-0.15, -0.1) is 10.2 Å². The van der Waals surface area contributed by atoms with Crippen LogP contribution in [0.4, 0.5) is 10.1 Å². The molecule has 0 saturated carbocycles. The van der Waals surface area contributed by atoms with Crippen molar-refractivity contribution >= 4 is 5.69 Å². The van der Waals surface area contributed by atoms with E-state index in [1.165, 1.54) is 6.07 Å². The van der Waals surface area contributed by atoms with Gasteiger partial charge in [-0.1, -0.05) is 0 Å². The lowest BCUT2D eigenvalue weighted by Crippen LogP contribution is -1.98. The molecule has 18 heavy (non-hydrogen) atoms. The van der Waals surface area contributed by atoms with Crippen LogP contribution in [0.3, 0.4) is 0 Å². The van der Waals surface area contributed by atoms with E-state index in [4.69, 9.17) is 9.15 Å². The molecule has 1 aromatic heterocycles. The van der Waals surface area contributed by atoms with Crippen LogP contribution in [0.15, 0.2) is 22.6 Å². The first-order valence-electron chi connectivity index (χ1n) is 4.92. The molecule has 0 radical (unpaired) electrons. The molecular weight excluding hydrogens is 245 g/mol. The minimum atomic E-state index is -0.959. The molecule has 2 aromatic rings. The van der Waals surface area contributed by atoms with Crippen LogP contribution in [0.1, 0.15) is 11.8 Å². The van der Waals surface area contributed by atoms with Gasteiger partial charge in [0.15, 0.2) is 6.61 Å². The molecule has 2 rings (SSSR count). The fraction of sp³-hybridized carbons (Fsp3) is 0.200. The highest BCUT2D eigenvalue weighted by molar-refractivity contribution is 5.37. The van der Waals surface area contributed by atoms with E-state index in [2.05, 4.69) is 10.2 Å². The van der Waals surface area contributed by atoms with Gasteiger partial charge in [-0.05, 0) is 6.07 Å². The third-order valence-corrected chi connectivity index (χ3v) is 2.05. The predicted octanol–water partition coefficient (Wildman–Crippen LogP) is 2.00. The number of nitro benzene ring substituents is 1. The summed E-state index contributed by atoms with van der Waals surface area (Å²) in [7, 11) is 0. The van der Waals surface area contributed by atoms with E-state index < -0.39 is 16.4 Å². The average molecular weight is 253 g/mol. The van der Waals surface area contributed by atoms with E-state index in [0.717, 1.165) is 12.1 Å². The SMILES string of the molecule is Cc1nnc(COc2ccc([N+](=O)[O-])c(F)c2)o1. The number of hydrogen-bond donors (Lipinski definition) is 0. The van der Waals surface area contributed by atoms with Gasteiger partial charge in [-0.2, -0.15) is 4.39 Å². The predicted molar refractivity (Wildman–Crippen MR) is 56.4 cm³/mol. The van der Waals surface area contributed by atoms with E-state index in [1.807, 2.05) is 0 Å². The summed E-state index contributed by atoms with van der Waals surface area (Å²) in [5, 5.41) is 17.7. The molecule has 1 heterocycles. The topological polar surface area (TPSA) is 91.3 Å². The van der Waals surface area contributed by atoms with E-state index >= 15 is 0 Å². The Hall–Kier alpha value is -2.51. The van der Waals surface area contributed by atoms with Crippen molar-refractivity contribution in [2.75, 3.05) is 0 Å². The van der Waals surface area contributed by atoms with Gasteiger partial charge >= 0.3 is 5.69 Å². The largest absolute Gasteiger partial charge is 0.484 e. The maximum absolute atomic E-state index is 13.3. The lowest BCUT2D eigenvalue weighted by Gasteiger charge is -2.03. The van der Waals surface area contributed by atoms with Gasteiger partial charge in [0.2, 0.25) is 11.7 Å². The van der Waals surface area contributed by atoms with Crippen molar-refractivity contribution in [3.63, 3.8) is 0 Å². The average Bonchev–Trinajstić information content (AvgIpc) is 2.72. The number of nitrogens with zero attached hydrogens (tertiary/aromatic N) is 3. The molecule has 1 aromatic carbocycles. The van der Waals surface area contributed by atoms with Crippen LogP contribution < -0.4 is 4.74 Å². The van der Waals surface area contributed by atoms with Crippen molar-refractivity contribution in [1.82, 2.24) is 10.2 Å². The molecule has 0 spiro atoms. The number of nitro groups is 1. The van der Waals surface area contributed by atoms with Crippen molar-refractivity contribution in [3.05, 3.63) is 45.9 Å². The third kappa shape index (κ3) is 2.59. The lowest BCUT2D eigenvalue weighted by molar-refractivity contribution is -0.387. The Morgan fingerprint density at radius 1 is 1.50 bits per heavy atom. The van der Waals surface area contributed by atoms with Crippen molar-refractivity contribution in [2.24, 2.45) is 0 Å². The Labute approximate surface area is 100 Å². The summed E-state index contributed by atoms with van der Waals surface area (Å²) in [6, 6.07) is 3.26. The fourth-order valence-electron chi connectivity index (χ4n) is 1.27. The summed E-state index contributed by atoms with van der Waals surface area (Å²) in [6.45, 7) is 1.60. The van der Waals surface area contributed by atoms with Crippen LogP contribution in [-0.2, 0) is 6.61 Å². The second-order valence-corrected chi connectivity index (χ2v) is 3.37. The molecule has 0 aliphatic carbocycles. The number of aryl methyl sites for hydroxylation is 1. The third-order valence-electron chi connectivity index (χ3n) is 2.05. The molecule has 0 saturated heterocycles. The summed E-state index contributed by atoms with van der Waals surface area (Å²) in [5.74, 6) is -0.178. The summed E-state index contributed by atoms with van der Waals surface area (Å²) >= 11 is 0. The molecule has 0 aliphatic heterocycles. The Balaban J connectivity index is 2.06. The smallest absolute Gasteiger partial charge is 0.305 e. The highest BCUT2D eigenvalue weighted by atomic mass is 19.1. The second-order valence-electron chi connectivity index (χ2n) is 3.37. The minimum Gasteiger partial charge on any atom is -0.484 e. The maximum atomic E-state index is 13.3. The van der Waals surface area contributed by atoms with Gasteiger partial charge < -0.3 is 9.15 Å². The monoisotopic (exact) mass is 253 g/mol. The number of benzene rings is 1. The van der Waals surface area contributed by atoms with Gasteiger partial charge in [0.25, 0.3) is 5.89 Å². The summed E-state index contributed by atoms with van der Waals surface area (Å²) in [5.41, 5.74) is -0.601. The summed E-state index contributed by atoms with van der Waals surface area (Å²) in [6.07, 6.45) is 0. The molecule has 0 unspecified atom stereocenters. The zero-order valence-corrected chi connectivity index (χ0v) is 9.29. The van der Waals surface area contributed by atoms with Crippen LogP contribution >= 0.6 is 0 Å². The normalized spacial score (nSPS) is 10.3. The highest BCUT2D eigenvalue weighted by Crippen LogP contribution is 2.22. The molecular formula is C10H8FN3O4. The first-order valence-corrected chi connectivity index (χ1v) is 4.92. The molecule has 0 aliphatic rings. The number of ether oxygens (including phenoxy) is 1. The quantitative estimate of drug-likeness (QED) is 0.611. The Bertz CT molecular complexity index is 584. The summed E-state index contributed by atoms with van der Waals surface area (Å²) in [4.78, 5) is 9.60. The fourth-order valence-corrected chi connectivity index (χ4v) is 1.27. The zero-order valence-electron chi connectivity index (χ0n) is 9.29. The van der Waals surface area contributed by atoms with Gasteiger partial charge in [0.1, 0.15) is 5.75 Å². The van der Waals surface area contributed by atoms with Gasteiger partial charge in [0.05, 0.1) is 4.92 Å². The lowest BCUT2D eigenvalue weighted by atomic mass is 10.3. The highest BCUT2D eigenvalue weighted by Gasteiger charge is 2.14. The van der Waals surface area contributed by atoms with Crippen molar-refractivity contribution < 1.29 is 18.5 Å². The van der Waals surface area contributed by atoms with Crippen LogP contribution in [0.2, 0.25) is 0 Å². The van der Waals surface area contributed by atoms with Crippen LogP contribution in [0, 0.1) is 22.9 Å². The van der Waals surface area contributed by atoms with Crippen molar-refractivity contribution in [2.45, 2.75) is 13.5 Å². The Morgan fingerprint density at radius 3 is 2.83 bits per heavy atom. The Morgan fingerprint density at radius 2 is 2.28 bits per heavy atom. The van der Waals surface area contributed by atoms with E-state index in [-0.39, 0.29) is 18.2 Å². The van der Waals surface area contributed by atoms with E-state index in [0.29, 0.717) is 5.89 Å². The molecule has 8 heteroatoms. The van der Waals surface area contributed by atoms with Gasteiger partial charge in [-0.3, -0.25) is 10.1 Å². The number of rotatable bonds is 4. The second kappa shape index (κ2) is 4.78. The zero-order chi connectivity index (χ0) is 13.1. The van der Waals surface area contributed by atoms with Crippen LogP contribution in [0.25, 0.3) is 0 Å². The number of aromatic nitrogens is 2. The minimum absolute atomic E-state index is 0.0297. The molecule has 0 N–H and O–H groups in total. The number of hydrogen-bond acceptors (Lipinski definition) is 6. The van der Waals surface area contributed by atoms with Gasteiger partial charge in [0, 0.05) is 19.1 Å². The number of halogens is 1. The summed E-state index contributed by atoms with van der Waals surface area (Å²) < 4.78 is 23.5. The maximum Gasteiger partial charge on any atom is 0.305 e. The van der Waals surface area contributed by atoms with E-state index in [1.54, 1.807) is 6.92 Å².